The van der Waals surface area contributed by atoms with Crippen LogP contribution in [0, 0.1) is 12.8 Å². The SMILES string of the molecule is Cc1cc(N(C)CC2CCC2)ncc1Br. The molecule has 1 fully saturated rings. The summed E-state index contributed by atoms with van der Waals surface area (Å²) in [5, 5.41) is 0. The first-order valence-corrected chi connectivity index (χ1v) is 6.29. The average molecular weight is 269 g/mol. The molecule has 0 saturated heterocycles. The molecule has 0 aliphatic heterocycles. The molecule has 1 saturated carbocycles. The van der Waals surface area contributed by atoms with Gasteiger partial charge in [0, 0.05) is 24.3 Å². The molecule has 1 aliphatic carbocycles. The first-order valence-electron chi connectivity index (χ1n) is 5.50. The largest absolute Gasteiger partial charge is 0.359 e. The Morgan fingerprint density at radius 3 is 2.80 bits per heavy atom. The van der Waals surface area contributed by atoms with E-state index < -0.39 is 0 Å². The van der Waals surface area contributed by atoms with E-state index in [9.17, 15) is 0 Å². The molecule has 0 amide bonds. The number of hydrogen-bond donors (Lipinski definition) is 0. The third kappa shape index (κ3) is 2.51. The fourth-order valence-electron chi connectivity index (χ4n) is 1.89. The van der Waals surface area contributed by atoms with Crippen LogP contribution in [0.15, 0.2) is 16.7 Å². The van der Waals surface area contributed by atoms with Crippen molar-refractivity contribution >= 4 is 21.7 Å². The Bertz CT molecular complexity index is 347. The van der Waals surface area contributed by atoms with Gasteiger partial charge in [-0.05, 0) is 53.2 Å². The van der Waals surface area contributed by atoms with Gasteiger partial charge < -0.3 is 4.90 Å². The van der Waals surface area contributed by atoms with Crippen molar-refractivity contribution in [3.05, 3.63) is 22.3 Å². The summed E-state index contributed by atoms with van der Waals surface area (Å²) in [5.74, 6) is 1.98. The van der Waals surface area contributed by atoms with Gasteiger partial charge in [0.1, 0.15) is 5.82 Å². The van der Waals surface area contributed by atoms with Crippen molar-refractivity contribution in [2.24, 2.45) is 5.92 Å². The van der Waals surface area contributed by atoms with Crippen LogP contribution in [0.1, 0.15) is 24.8 Å². The number of aryl methyl sites for hydroxylation is 1. The first-order chi connectivity index (χ1) is 7.16. The van der Waals surface area contributed by atoms with Crippen LogP contribution in [-0.4, -0.2) is 18.6 Å². The molecule has 1 heterocycles. The highest BCUT2D eigenvalue weighted by atomic mass is 79.9. The Hall–Kier alpha value is -0.570. The number of halogens is 1. The van der Waals surface area contributed by atoms with Gasteiger partial charge in [-0.1, -0.05) is 6.42 Å². The lowest BCUT2D eigenvalue weighted by Crippen LogP contribution is -2.29. The normalized spacial score (nSPS) is 16.2. The van der Waals surface area contributed by atoms with E-state index in [1.54, 1.807) is 0 Å². The van der Waals surface area contributed by atoms with E-state index in [4.69, 9.17) is 0 Å². The lowest BCUT2D eigenvalue weighted by molar-refractivity contribution is 0.321. The van der Waals surface area contributed by atoms with Crippen LogP contribution >= 0.6 is 15.9 Å². The number of pyridine rings is 1. The zero-order valence-electron chi connectivity index (χ0n) is 9.33. The summed E-state index contributed by atoms with van der Waals surface area (Å²) < 4.78 is 1.09. The van der Waals surface area contributed by atoms with Gasteiger partial charge in [0.05, 0.1) is 0 Å². The van der Waals surface area contributed by atoms with E-state index in [-0.39, 0.29) is 0 Å². The highest BCUT2D eigenvalue weighted by molar-refractivity contribution is 9.10. The minimum atomic E-state index is 0.890. The van der Waals surface area contributed by atoms with Crippen LogP contribution in [0.3, 0.4) is 0 Å². The van der Waals surface area contributed by atoms with Crippen molar-refractivity contribution in [2.75, 3.05) is 18.5 Å². The van der Waals surface area contributed by atoms with Gasteiger partial charge in [-0.3, -0.25) is 0 Å². The van der Waals surface area contributed by atoms with E-state index in [0.717, 1.165) is 22.8 Å². The third-order valence-electron chi connectivity index (χ3n) is 3.18. The third-order valence-corrected chi connectivity index (χ3v) is 4.01. The Kier molecular flexibility index (Phi) is 3.29. The smallest absolute Gasteiger partial charge is 0.128 e. The van der Waals surface area contributed by atoms with Gasteiger partial charge in [-0.25, -0.2) is 4.98 Å². The molecule has 0 radical (unpaired) electrons. The highest BCUT2D eigenvalue weighted by Gasteiger charge is 2.19. The first kappa shape index (κ1) is 10.9. The molecule has 2 nitrogen and oxygen atoms in total. The van der Waals surface area contributed by atoms with Gasteiger partial charge in [0.25, 0.3) is 0 Å². The van der Waals surface area contributed by atoms with Crippen LogP contribution in [0.4, 0.5) is 5.82 Å². The Morgan fingerprint density at radius 1 is 1.53 bits per heavy atom. The van der Waals surface area contributed by atoms with Crippen LogP contribution in [0.2, 0.25) is 0 Å². The highest BCUT2D eigenvalue weighted by Crippen LogP contribution is 2.28. The van der Waals surface area contributed by atoms with Crippen molar-refractivity contribution in [3.8, 4) is 0 Å². The zero-order chi connectivity index (χ0) is 10.8. The summed E-state index contributed by atoms with van der Waals surface area (Å²) >= 11 is 3.47. The molecule has 0 N–H and O–H groups in total. The Balaban J connectivity index is 2.03. The Morgan fingerprint density at radius 2 is 2.27 bits per heavy atom. The number of anilines is 1. The molecule has 15 heavy (non-hydrogen) atoms. The summed E-state index contributed by atoms with van der Waals surface area (Å²) in [4.78, 5) is 6.70. The lowest BCUT2D eigenvalue weighted by atomic mass is 9.85. The molecule has 0 unspecified atom stereocenters. The molecule has 1 aromatic heterocycles. The zero-order valence-corrected chi connectivity index (χ0v) is 10.9. The van der Waals surface area contributed by atoms with Crippen molar-refractivity contribution in [3.63, 3.8) is 0 Å². The van der Waals surface area contributed by atoms with Crippen LogP contribution < -0.4 is 4.90 Å². The maximum atomic E-state index is 4.43. The summed E-state index contributed by atoms with van der Waals surface area (Å²) in [6.07, 6.45) is 6.08. The molecule has 82 valence electrons. The second-order valence-corrected chi connectivity index (χ2v) is 5.32. The number of hydrogen-bond acceptors (Lipinski definition) is 2. The van der Waals surface area contributed by atoms with Crippen LogP contribution in [0.25, 0.3) is 0 Å². The van der Waals surface area contributed by atoms with E-state index in [1.807, 2.05) is 6.20 Å². The number of nitrogens with zero attached hydrogens (tertiary/aromatic N) is 2. The second kappa shape index (κ2) is 4.52. The second-order valence-electron chi connectivity index (χ2n) is 4.47. The standard InChI is InChI=1S/C12H17BrN2/c1-9-6-12(14-7-11(9)13)15(2)8-10-4-3-5-10/h6-7,10H,3-5,8H2,1-2H3. The summed E-state index contributed by atoms with van der Waals surface area (Å²) in [6.45, 7) is 3.25. The van der Waals surface area contributed by atoms with Gasteiger partial charge >= 0.3 is 0 Å². The molecule has 2 rings (SSSR count). The van der Waals surface area contributed by atoms with Gasteiger partial charge in [0.2, 0.25) is 0 Å². The molecular weight excluding hydrogens is 252 g/mol. The molecule has 0 aromatic carbocycles. The maximum Gasteiger partial charge on any atom is 0.128 e. The Labute approximate surface area is 99.8 Å². The average Bonchev–Trinajstić information content (AvgIpc) is 2.15. The van der Waals surface area contributed by atoms with Crippen molar-refractivity contribution in [1.82, 2.24) is 4.98 Å². The molecule has 1 aromatic rings. The number of rotatable bonds is 3. The van der Waals surface area contributed by atoms with Gasteiger partial charge in [-0.15, -0.1) is 0 Å². The summed E-state index contributed by atoms with van der Waals surface area (Å²) in [7, 11) is 2.13. The predicted octanol–water partition coefficient (Wildman–Crippen LogP) is 3.39. The quantitative estimate of drug-likeness (QED) is 0.836. The molecular formula is C12H17BrN2. The minimum absolute atomic E-state index is 0.890. The maximum absolute atomic E-state index is 4.43. The summed E-state index contributed by atoms with van der Waals surface area (Å²) in [5.41, 5.74) is 1.25. The van der Waals surface area contributed by atoms with Gasteiger partial charge in [-0.2, -0.15) is 0 Å². The fraction of sp³-hybridized carbons (Fsp3) is 0.583. The van der Waals surface area contributed by atoms with Crippen LogP contribution in [-0.2, 0) is 0 Å². The van der Waals surface area contributed by atoms with Crippen LogP contribution in [0.5, 0.6) is 0 Å². The van der Waals surface area contributed by atoms with Gasteiger partial charge in [0.15, 0.2) is 0 Å². The molecule has 0 atom stereocenters. The lowest BCUT2D eigenvalue weighted by Gasteiger charge is -2.30. The van der Waals surface area contributed by atoms with E-state index in [2.05, 4.69) is 45.9 Å². The number of aromatic nitrogens is 1. The molecule has 0 spiro atoms. The minimum Gasteiger partial charge on any atom is -0.359 e. The van der Waals surface area contributed by atoms with Crippen molar-refractivity contribution < 1.29 is 0 Å². The molecule has 1 aliphatic rings. The topological polar surface area (TPSA) is 16.1 Å². The summed E-state index contributed by atoms with van der Waals surface area (Å²) in [6, 6.07) is 2.14. The molecule has 0 bridgehead atoms. The predicted molar refractivity (Wildman–Crippen MR) is 67.3 cm³/mol. The van der Waals surface area contributed by atoms with E-state index >= 15 is 0 Å². The molecule has 3 heteroatoms. The monoisotopic (exact) mass is 268 g/mol. The van der Waals surface area contributed by atoms with E-state index in [1.165, 1.54) is 24.8 Å². The van der Waals surface area contributed by atoms with E-state index in [0.29, 0.717) is 0 Å². The van der Waals surface area contributed by atoms with Crippen molar-refractivity contribution in [1.29, 1.82) is 0 Å². The fourth-order valence-corrected chi connectivity index (χ4v) is 2.11. The van der Waals surface area contributed by atoms with Crippen molar-refractivity contribution in [2.45, 2.75) is 26.2 Å².